The Bertz CT molecular complexity index is 480. The molecule has 86 valence electrons. The quantitative estimate of drug-likeness (QED) is 0.878. The average Bonchev–Trinajstić information content (AvgIpc) is 2.64. The molecule has 0 saturated carbocycles. The maximum absolute atomic E-state index is 6.12. The maximum atomic E-state index is 6.12. The lowest BCUT2D eigenvalue weighted by Crippen LogP contribution is -2.16. The van der Waals surface area contributed by atoms with Crippen molar-refractivity contribution in [3.05, 3.63) is 24.2 Å². The fraction of sp³-hybridized carbons (Fsp3) is 0.455. The molecule has 0 fully saturated rings. The van der Waals surface area contributed by atoms with Gasteiger partial charge in [0.2, 0.25) is 0 Å². The van der Waals surface area contributed by atoms with Gasteiger partial charge in [0.1, 0.15) is 11.3 Å². The van der Waals surface area contributed by atoms with Crippen LogP contribution in [-0.4, -0.2) is 26.5 Å². The maximum Gasteiger partial charge on any atom is 0.159 e. The molecule has 16 heavy (non-hydrogen) atoms. The van der Waals surface area contributed by atoms with Crippen LogP contribution in [0.3, 0.4) is 0 Å². The van der Waals surface area contributed by atoms with Gasteiger partial charge < -0.3 is 10.3 Å². The van der Waals surface area contributed by atoms with Crippen molar-refractivity contribution >= 4 is 22.9 Å². The molecule has 0 amide bonds. The van der Waals surface area contributed by atoms with Crippen LogP contribution in [0.15, 0.2) is 18.3 Å². The first kappa shape index (κ1) is 11.4. The minimum atomic E-state index is -0.00773. The highest BCUT2D eigenvalue weighted by atomic mass is 32.2. The molecule has 0 saturated heterocycles. The van der Waals surface area contributed by atoms with Gasteiger partial charge in [-0.25, -0.2) is 9.97 Å². The number of nitrogens with zero attached hydrogens (tertiary/aromatic N) is 3. The molecule has 0 unspecified atom stereocenters. The SMILES string of the molecule is CSCC[C@H](N)c1nc2cccnc2n1C. The highest BCUT2D eigenvalue weighted by Crippen LogP contribution is 2.19. The van der Waals surface area contributed by atoms with Crippen LogP contribution in [0, 0.1) is 0 Å². The van der Waals surface area contributed by atoms with Crippen LogP contribution in [0.25, 0.3) is 11.2 Å². The van der Waals surface area contributed by atoms with Crippen molar-refractivity contribution in [3.63, 3.8) is 0 Å². The van der Waals surface area contributed by atoms with E-state index in [4.69, 9.17) is 5.73 Å². The Kier molecular flexibility index (Phi) is 3.46. The molecule has 0 aliphatic rings. The van der Waals surface area contributed by atoms with Gasteiger partial charge in [-0.05, 0) is 30.6 Å². The first-order valence-corrected chi connectivity index (χ1v) is 6.65. The third-order valence-corrected chi connectivity index (χ3v) is 3.27. The highest BCUT2D eigenvalue weighted by molar-refractivity contribution is 7.98. The number of aromatic nitrogens is 3. The van der Waals surface area contributed by atoms with Crippen LogP contribution in [0.4, 0.5) is 0 Å². The van der Waals surface area contributed by atoms with E-state index in [2.05, 4.69) is 16.2 Å². The monoisotopic (exact) mass is 236 g/mol. The number of hydrogen-bond donors (Lipinski definition) is 1. The number of imidazole rings is 1. The van der Waals surface area contributed by atoms with Gasteiger partial charge in [-0.3, -0.25) is 0 Å². The molecule has 2 rings (SSSR count). The van der Waals surface area contributed by atoms with Crippen LogP contribution < -0.4 is 5.73 Å². The first-order chi connectivity index (χ1) is 7.74. The standard InChI is InChI=1S/C11H16N4S/c1-15-10(8(12)5-7-16-2)14-9-4-3-6-13-11(9)15/h3-4,6,8H,5,7,12H2,1-2H3/t8-/m0/s1. The predicted molar refractivity (Wildman–Crippen MR) is 68.4 cm³/mol. The van der Waals surface area contributed by atoms with E-state index in [0.29, 0.717) is 0 Å². The van der Waals surface area contributed by atoms with Crippen molar-refractivity contribution in [2.75, 3.05) is 12.0 Å². The van der Waals surface area contributed by atoms with Gasteiger partial charge in [0.05, 0.1) is 6.04 Å². The predicted octanol–water partition coefficient (Wildman–Crippen LogP) is 1.72. The van der Waals surface area contributed by atoms with Crippen LogP contribution in [0.1, 0.15) is 18.3 Å². The molecule has 2 N–H and O–H groups in total. The summed E-state index contributed by atoms with van der Waals surface area (Å²) >= 11 is 1.80. The smallest absolute Gasteiger partial charge is 0.159 e. The zero-order valence-electron chi connectivity index (χ0n) is 9.55. The molecule has 2 aromatic heterocycles. The van der Waals surface area contributed by atoms with Crippen LogP contribution in [0.5, 0.6) is 0 Å². The molecule has 1 atom stereocenters. The molecule has 5 heteroatoms. The summed E-state index contributed by atoms with van der Waals surface area (Å²) in [4.78, 5) is 8.84. The van der Waals surface area contributed by atoms with E-state index in [-0.39, 0.29) is 6.04 Å². The summed E-state index contributed by atoms with van der Waals surface area (Å²) in [6.45, 7) is 0. The second kappa shape index (κ2) is 4.84. The van der Waals surface area contributed by atoms with Gasteiger partial charge in [-0.2, -0.15) is 11.8 Å². The largest absolute Gasteiger partial charge is 0.321 e. The van der Waals surface area contributed by atoms with Gasteiger partial charge in [-0.15, -0.1) is 0 Å². The van der Waals surface area contributed by atoms with Gasteiger partial charge in [-0.1, -0.05) is 0 Å². The zero-order chi connectivity index (χ0) is 11.5. The van der Waals surface area contributed by atoms with Gasteiger partial charge in [0, 0.05) is 13.2 Å². The summed E-state index contributed by atoms with van der Waals surface area (Å²) in [6, 6.07) is 3.85. The Morgan fingerprint density at radius 3 is 3.06 bits per heavy atom. The fourth-order valence-electron chi connectivity index (χ4n) is 1.75. The van der Waals surface area contributed by atoms with Crippen molar-refractivity contribution in [3.8, 4) is 0 Å². The lowest BCUT2D eigenvalue weighted by atomic mass is 10.2. The number of hydrogen-bond acceptors (Lipinski definition) is 4. The van der Waals surface area contributed by atoms with Crippen molar-refractivity contribution in [2.24, 2.45) is 12.8 Å². The first-order valence-electron chi connectivity index (χ1n) is 5.26. The molecule has 0 aliphatic carbocycles. The average molecular weight is 236 g/mol. The third-order valence-electron chi connectivity index (χ3n) is 2.63. The Morgan fingerprint density at radius 1 is 1.56 bits per heavy atom. The van der Waals surface area contributed by atoms with Crippen molar-refractivity contribution < 1.29 is 0 Å². The Morgan fingerprint density at radius 2 is 2.38 bits per heavy atom. The van der Waals surface area contributed by atoms with Crippen molar-refractivity contribution in [2.45, 2.75) is 12.5 Å². The van der Waals surface area contributed by atoms with E-state index in [0.717, 1.165) is 29.2 Å². The molecule has 0 spiro atoms. The molecule has 0 radical (unpaired) electrons. The van der Waals surface area contributed by atoms with E-state index >= 15 is 0 Å². The lowest BCUT2D eigenvalue weighted by Gasteiger charge is -2.10. The zero-order valence-corrected chi connectivity index (χ0v) is 10.4. The second-order valence-electron chi connectivity index (χ2n) is 3.76. The summed E-state index contributed by atoms with van der Waals surface area (Å²) in [7, 11) is 1.97. The van der Waals surface area contributed by atoms with E-state index in [9.17, 15) is 0 Å². The molecule has 0 aromatic carbocycles. The fourth-order valence-corrected chi connectivity index (χ4v) is 2.24. The van der Waals surface area contributed by atoms with Crippen molar-refractivity contribution in [1.82, 2.24) is 14.5 Å². The highest BCUT2D eigenvalue weighted by Gasteiger charge is 2.14. The minimum absolute atomic E-state index is 0.00773. The Hall–Kier alpha value is -1.07. The normalized spacial score (nSPS) is 13.2. The summed E-state index contributed by atoms with van der Waals surface area (Å²) in [5.41, 5.74) is 7.94. The molecular weight excluding hydrogens is 220 g/mol. The lowest BCUT2D eigenvalue weighted by molar-refractivity contribution is 0.626. The Balaban J connectivity index is 2.33. The number of nitrogens with two attached hydrogens (primary N) is 1. The van der Waals surface area contributed by atoms with Crippen LogP contribution >= 0.6 is 11.8 Å². The molecule has 4 nitrogen and oxygen atoms in total. The van der Waals surface area contributed by atoms with E-state index in [1.165, 1.54) is 0 Å². The van der Waals surface area contributed by atoms with Gasteiger partial charge >= 0.3 is 0 Å². The minimum Gasteiger partial charge on any atom is -0.321 e. The van der Waals surface area contributed by atoms with E-state index in [1.54, 1.807) is 18.0 Å². The van der Waals surface area contributed by atoms with Gasteiger partial charge in [0.25, 0.3) is 0 Å². The van der Waals surface area contributed by atoms with Crippen LogP contribution in [0.2, 0.25) is 0 Å². The summed E-state index contributed by atoms with van der Waals surface area (Å²) in [5.74, 6) is 1.97. The second-order valence-corrected chi connectivity index (χ2v) is 4.75. The molecule has 0 aliphatic heterocycles. The molecule has 2 aromatic rings. The van der Waals surface area contributed by atoms with E-state index in [1.807, 2.05) is 23.7 Å². The third kappa shape index (κ3) is 2.05. The van der Waals surface area contributed by atoms with Gasteiger partial charge in [0.15, 0.2) is 5.65 Å². The van der Waals surface area contributed by atoms with Crippen LogP contribution in [-0.2, 0) is 7.05 Å². The topological polar surface area (TPSA) is 56.7 Å². The van der Waals surface area contributed by atoms with Crippen molar-refractivity contribution in [1.29, 1.82) is 0 Å². The summed E-state index contributed by atoms with van der Waals surface area (Å²) in [5, 5.41) is 0. The Labute approximate surface area is 99.3 Å². The molecular formula is C11H16N4S. The number of pyridine rings is 1. The van der Waals surface area contributed by atoms with E-state index < -0.39 is 0 Å². The molecule has 0 bridgehead atoms. The summed E-state index contributed by atoms with van der Waals surface area (Å²) < 4.78 is 1.99. The summed E-state index contributed by atoms with van der Waals surface area (Å²) in [6.07, 6.45) is 4.81. The number of rotatable bonds is 4. The molecule has 2 heterocycles. The number of aryl methyl sites for hydroxylation is 1. The number of thioether (sulfide) groups is 1. The number of fused-ring (bicyclic) bond motifs is 1.